The van der Waals surface area contributed by atoms with Crippen LogP contribution in [0.2, 0.25) is 0 Å². The van der Waals surface area contributed by atoms with E-state index in [4.69, 9.17) is 0 Å². The molecule has 2 aliphatic rings. The van der Waals surface area contributed by atoms with Gasteiger partial charge in [0.1, 0.15) is 5.69 Å². The standard InChI is InChI=1S/C19H14N2O4S/c1-10(11-5-3-2-4-6-11)12-7-13-16(20-9-12)17(22)14-8-15(21(24)25)26-19(14)18(13)23/h2-10,14,19H,1H3. The Morgan fingerprint density at radius 3 is 2.58 bits per heavy atom. The first-order valence-corrected chi connectivity index (χ1v) is 9.01. The summed E-state index contributed by atoms with van der Waals surface area (Å²) in [6.45, 7) is 2.01. The van der Waals surface area contributed by atoms with Gasteiger partial charge >= 0.3 is 5.03 Å². The Labute approximate surface area is 153 Å². The van der Waals surface area contributed by atoms with Crippen LogP contribution < -0.4 is 0 Å². The highest BCUT2D eigenvalue weighted by Gasteiger charge is 2.48. The molecule has 0 bridgehead atoms. The normalized spacial score (nSPS) is 22.4. The van der Waals surface area contributed by atoms with Crippen LogP contribution in [0, 0.1) is 16.0 Å². The summed E-state index contributed by atoms with van der Waals surface area (Å²) in [6.07, 6.45) is 2.89. The molecule has 1 aromatic heterocycles. The number of rotatable bonds is 3. The van der Waals surface area contributed by atoms with Gasteiger partial charge in [-0.05, 0) is 29.0 Å². The maximum Gasteiger partial charge on any atom is 0.300 e. The fourth-order valence-electron chi connectivity index (χ4n) is 3.36. The number of hydrogen-bond acceptors (Lipinski definition) is 6. The molecule has 0 N–H and O–H groups in total. The van der Waals surface area contributed by atoms with Crippen LogP contribution in [0.15, 0.2) is 53.7 Å². The number of carbonyl (C=O) groups is 2. The van der Waals surface area contributed by atoms with Gasteiger partial charge in [-0.15, -0.1) is 0 Å². The summed E-state index contributed by atoms with van der Waals surface area (Å²) in [5, 5.41) is 10.1. The molecule has 1 aromatic carbocycles. The van der Waals surface area contributed by atoms with E-state index in [2.05, 4.69) is 4.98 Å². The number of Topliss-reactive ketones (excluding diaryl/α,β-unsaturated/α-hetero) is 2. The largest absolute Gasteiger partial charge is 0.300 e. The van der Waals surface area contributed by atoms with Crippen molar-refractivity contribution >= 4 is 23.3 Å². The zero-order valence-corrected chi connectivity index (χ0v) is 14.6. The number of nitrogens with zero attached hydrogens (tertiary/aromatic N) is 2. The number of ketones is 2. The number of allylic oxidation sites excluding steroid dienone is 1. The van der Waals surface area contributed by atoms with E-state index in [1.807, 2.05) is 37.3 Å². The van der Waals surface area contributed by atoms with E-state index < -0.39 is 16.1 Å². The number of thioether (sulfide) groups is 1. The Bertz CT molecular complexity index is 971. The van der Waals surface area contributed by atoms with Crippen molar-refractivity contribution in [2.75, 3.05) is 0 Å². The SMILES string of the molecule is CC(c1ccccc1)c1cnc2c(c1)C(=O)C1SC([N+](=O)[O-])=CC1C2=O. The van der Waals surface area contributed by atoms with E-state index >= 15 is 0 Å². The Balaban J connectivity index is 1.72. The van der Waals surface area contributed by atoms with Gasteiger partial charge in [0.05, 0.1) is 16.1 Å². The average molecular weight is 366 g/mol. The third kappa shape index (κ3) is 2.55. The maximum absolute atomic E-state index is 12.9. The lowest BCUT2D eigenvalue weighted by molar-refractivity contribution is -0.410. The number of benzene rings is 1. The van der Waals surface area contributed by atoms with Gasteiger partial charge in [-0.25, -0.2) is 0 Å². The Kier molecular flexibility index (Phi) is 3.96. The van der Waals surface area contributed by atoms with Crippen LogP contribution >= 0.6 is 11.8 Å². The van der Waals surface area contributed by atoms with Crippen molar-refractivity contribution in [3.8, 4) is 0 Å². The fourth-order valence-corrected chi connectivity index (χ4v) is 4.52. The molecule has 2 aromatic rings. The van der Waals surface area contributed by atoms with Crippen LogP contribution in [0.25, 0.3) is 0 Å². The lowest BCUT2D eigenvalue weighted by Crippen LogP contribution is -2.36. The molecule has 3 unspecified atom stereocenters. The minimum atomic E-state index is -0.801. The summed E-state index contributed by atoms with van der Waals surface area (Å²) in [6, 6.07) is 11.5. The van der Waals surface area contributed by atoms with E-state index in [-0.39, 0.29) is 33.8 Å². The molecule has 7 heteroatoms. The number of fused-ring (bicyclic) bond motifs is 2. The second-order valence-corrected chi connectivity index (χ2v) is 7.51. The van der Waals surface area contributed by atoms with Gasteiger partial charge in [-0.3, -0.25) is 24.7 Å². The summed E-state index contributed by atoms with van der Waals surface area (Å²) in [5.74, 6) is -1.38. The van der Waals surface area contributed by atoms with Crippen LogP contribution in [-0.4, -0.2) is 26.7 Å². The molecule has 6 nitrogen and oxygen atoms in total. The minimum absolute atomic E-state index is 0.0123. The highest BCUT2D eigenvalue weighted by Crippen LogP contribution is 2.43. The van der Waals surface area contributed by atoms with Crippen molar-refractivity contribution in [1.82, 2.24) is 4.98 Å². The van der Waals surface area contributed by atoms with Crippen molar-refractivity contribution in [3.63, 3.8) is 0 Å². The van der Waals surface area contributed by atoms with Gasteiger partial charge in [0, 0.05) is 23.8 Å². The second kappa shape index (κ2) is 6.17. The van der Waals surface area contributed by atoms with Crippen molar-refractivity contribution in [1.29, 1.82) is 0 Å². The summed E-state index contributed by atoms with van der Waals surface area (Å²) in [4.78, 5) is 40.2. The van der Waals surface area contributed by atoms with Crippen LogP contribution in [0.3, 0.4) is 0 Å². The smallest absolute Gasteiger partial charge is 0.293 e. The zero-order valence-electron chi connectivity index (χ0n) is 13.8. The minimum Gasteiger partial charge on any atom is -0.293 e. The Morgan fingerprint density at radius 1 is 1.15 bits per heavy atom. The van der Waals surface area contributed by atoms with Crippen LogP contribution in [0.1, 0.15) is 44.8 Å². The topological polar surface area (TPSA) is 90.2 Å². The van der Waals surface area contributed by atoms with Crippen molar-refractivity contribution in [2.45, 2.75) is 18.1 Å². The van der Waals surface area contributed by atoms with Crippen molar-refractivity contribution < 1.29 is 14.5 Å². The number of aromatic nitrogens is 1. The first-order valence-electron chi connectivity index (χ1n) is 8.13. The van der Waals surface area contributed by atoms with Crippen LogP contribution in [0.4, 0.5) is 0 Å². The molecule has 0 spiro atoms. The molecule has 130 valence electrons. The molecule has 0 fully saturated rings. The van der Waals surface area contributed by atoms with E-state index in [1.54, 1.807) is 12.3 Å². The van der Waals surface area contributed by atoms with Gasteiger partial charge in [0.25, 0.3) is 0 Å². The summed E-state index contributed by atoms with van der Waals surface area (Å²) in [7, 11) is 0. The maximum atomic E-state index is 12.9. The molecule has 0 saturated heterocycles. The number of hydrogen-bond donors (Lipinski definition) is 0. The molecule has 0 saturated carbocycles. The van der Waals surface area contributed by atoms with Gasteiger partial charge < -0.3 is 0 Å². The Hall–Kier alpha value is -2.80. The van der Waals surface area contributed by atoms with Gasteiger partial charge in [0.2, 0.25) is 0 Å². The molecular weight excluding hydrogens is 352 g/mol. The third-order valence-corrected chi connectivity index (χ3v) is 6.13. The van der Waals surface area contributed by atoms with Crippen molar-refractivity contribution in [3.05, 3.63) is 86.2 Å². The molecule has 4 rings (SSSR count). The lowest BCUT2D eigenvalue weighted by atomic mass is 9.82. The van der Waals surface area contributed by atoms with E-state index in [1.165, 1.54) is 6.08 Å². The monoisotopic (exact) mass is 366 g/mol. The quantitative estimate of drug-likeness (QED) is 0.610. The van der Waals surface area contributed by atoms with Gasteiger partial charge in [0.15, 0.2) is 11.6 Å². The molecule has 3 atom stereocenters. The molecule has 1 aliphatic heterocycles. The predicted molar refractivity (Wildman–Crippen MR) is 96.8 cm³/mol. The van der Waals surface area contributed by atoms with E-state index in [0.29, 0.717) is 0 Å². The highest BCUT2D eigenvalue weighted by molar-refractivity contribution is 8.04. The lowest BCUT2D eigenvalue weighted by Gasteiger charge is -2.24. The van der Waals surface area contributed by atoms with Crippen LogP contribution in [-0.2, 0) is 0 Å². The number of carbonyl (C=O) groups excluding carboxylic acids is 2. The molecule has 0 amide bonds. The van der Waals surface area contributed by atoms with Gasteiger partial charge in [-0.1, -0.05) is 37.3 Å². The Morgan fingerprint density at radius 2 is 1.88 bits per heavy atom. The summed E-state index contributed by atoms with van der Waals surface area (Å²) < 4.78 is 0. The first kappa shape index (κ1) is 16.7. The zero-order chi connectivity index (χ0) is 18.4. The number of pyridine rings is 1. The van der Waals surface area contributed by atoms with Crippen molar-refractivity contribution in [2.24, 2.45) is 5.92 Å². The third-order valence-electron chi connectivity index (χ3n) is 4.84. The van der Waals surface area contributed by atoms with Gasteiger partial charge in [-0.2, -0.15) is 0 Å². The molecular formula is C19H14N2O4S. The molecule has 1 aliphatic carbocycles. The fraction of sp³-hybridized carbons (Fsp3) is 0.211. The molecule has 26 heavy (non-hydrogen) atoms. The summed E-state index contributed by atoms with van der Waals surface area (Å²) in [5.41, 5.74) is 2.29. The molecule has 2 heterocycles. The van der Waals surface area contributed by atoms with E-state index in [9.17, 15) is 19.7 Å². The second-order valence-electron chi connectivity index (χ2n) is 6.35. The van der Waals surface area contributed by atoms with E-state index in [0.717, 1.165) is 22.9 Å². The molecule has 0 radical (unpaired) electrons. The van der Waals surface area contributed by atoms with Crippen LogP contribution in [0.5, 0.6) is 0 Å². The highest BCUT2D eigenvalue weighted by atomic mass is 32.2. The number of nitro groups is 1. The average Bonchev–Trinajstić information content (AvgIpc) is 3.12. The summed E-state index contributed by atoms with van der Waals surface area (Å²) >= 11 is 0.853. The predicted octanol–water partition coefficient (Wildman–Crippen LogP) is 3.46. The first-order chi connectivity index (χ1) is 12.5.